The molecule has 1 aromatic rings. The van der Waals surface area contributed by atoms with Gasteiger partial charge in [-0.3, -0.25) is 0 Å². The number of hydrogen-bond donors (Lipinski definition) is 1. The lowest BCUT2D eigenvalue weighted by Crippen LogP contribution is -2.38. The van der Waals surface area contributed by atoms with Gasteiger partial charge in [0, 0.05) is 28.3 Å². The summed E-state index contributed by atoms with van der Waals surface area (Å²) in [5.41, 5.74) is 0.326. The molecule has 0 aromatic carbocycles. The third-order valence-electron chi connectivity index (χ3n) is 3.01. The lowest BCUT2D eigenvalue weighted by atomic mass is 9.84. The molecule has 1 fully saturated rings. The fourth-order valence-electron chi connectivity index (χ4n) is 2.05. The van der Waals surface area contributed by atoms with Gasteiger partial charge in [-0.1, -0.05) is 6.92 Å². The van der Waals surface area contributed by atoms with Gasteiger partial charge in [0.15, 0.2) is 0 Å². The Bertz CT molecular complexity index is 339. The Morgan fingerprint density at radius 1 is 1.67 bits per heavy atom. The Morgan fingerprint density at radius 2 is 2.47 bits per heavy atom. The minimum atomic E-state index is -0.697. The van der Waals surface area contributed by atoms with Crippen molar-refractivity contribution in [3.8, 4) is 0 Å². The standard InChI is InChI=1S/C11H15BrO2S/c1-2-8-5-11(13,3-4-14-8)9-6-15-7-10(9)12/h6-8,13H,2-5H2,1H3. The SMILES string of the molecule is CCC1CC(O)(c2cscc2Br)CCO1. The molecule has 2 rings (SSSR count). The van der Waals surface area contributed by atoms with Crippen molar-refractivity contribution in [2.45, 2.75) is 37.9 Å². The van der Waals surface area contributed by atoms with Crippen LogP contribution < -0.4 is 0 Å². The molecule has 4 heteroatoms. The molecule has 0 spiro atoms. The second-order valence-corrected chi connectivity index (χ2v) is 5.62. The molecule has 2 heterocycles. The van der Waals surface area contributed by atoms with E-state index in [1.807, 2.05) is 10.8 Å². The van der Waals surface area contributed by atoms with E-state index in [1.54, 1.807) is 11.3 Å². The zero-order valence-electron chi connectivity index (χ0n) is 8.70. The molecule has 0 amide bonds. The maximum Gasteiger partial charge on any atom is 0.0962 e. The highest BCUT2D eigenvalue weighted by Gasteiger charge is 2.37. The van der Waals surface area contributed by atoms with Crippen molar-refractivity contribution in [2.75, 3.05) is 6.61 Å². The van der Waals surface area contributed by atoms with Gasteiger partial charge in [-0.25, -0.2) is 0 Å². The Morgan fingerprint density at radius 3 is 3.07 bits per heavy atom. The summed E-state index contributed by atoms with van der Waals surface area (Å²) in [6, 6.07) is 0. The first kappa shape index (κ1) is 11.6. The average molecular weight is 291 g/mol. The molecule has 2 atom stereocenters. The molecule has 2 nitrogen and oxygen atoms in total. The smallest absolute Gasteiger partial charge is 0.0962 e. The largest absolute Gasteiger partial charge is 0.385 e. The Hall–Kier alpha value is 0.1000. The molecule has 0 saturated carbocycles. The van der Waals surface area contributed by atoms with Crippen LogP contribution >= 0.6 is 27.3 Å². The van der Waals surface area contributed by atoms with Gasteiger partial charge in [0.25, 0.3) is 0 Å². The predicted octanol–water partition coefficient (Wildman–Crippen LogP) is 3.29. The van der Waals surface area contributed by atoms with E-state index in [0.29, 0.717) is 19.4 Å². The Balaban J connectivity index is 2.22. The van der Waals surface area contributed by atoms with Gasteiger partial charge < -0.3 is 9.84 Å². The third-order valence-corrected chi connectivity index (χ3v) is 4.71. The summed E-state index contributed by atoms with van der Waals surface area (Å²) in [6.07, 6.45) is 2.55. The summed E-state index contributed by atoms with van der Waals surface area (Å²) in [4.78, 5) is 0. The van der Waals surface area contributed by atoms with Crippen LogP contribution in [0.5, 0.6) is 0 Å². The molecule has 15 heavy (non-hydrogen) atoms. The van der Waals surface area contributed by atoms with Crippen LogP contribution in [-0.2, 0) is 10.3 Å². The minimum absolute atomic E-state index is 0.190. The molecule has 84 valence electrons. The second-order valence-electron chi connectivity index (χ2n) is 4.02. The van der Waals surface area contributed by atoms with Crippen LogP contribution in [0.2, 0.25) is 0 Å². The monoisotopic (exact) mass is 290 g/mol. The van der Waals surface area contributed by atoms with Gasteiger partial charge in [-0.2, -0.15) is 11.3 Å². The van der Waals surface area contributed by atoms with Crippen molar-refractivity contribution in [2.24, 2.45) is 0 Å². The lowest BCUT2D eigenvalue weighted by molar-refractivity contribution is -0.108. The van der Waals surface area contributed by atoms with E-state index in [9.17, 15) is 5.11 Å². The molecule has 1 aliphatic rings. The summed E-state index contributed by atoms with van der Waals surface area (Å²) < 4.78 is 6.61. The third kappa shape index (κ3) is 2.28. The zero-order valence-corrected chi connectivity index (χ0v) is 11.1. The van der Waals surface area contributed by atoms with Crippen LogP contribution in [0.15, 0.2) is 15.2 Å². The summed E-state index contributed by atoms with van der Waals surface area (Å²) in [7, 11) is 0. The van der Waals surface area contributed by atoms with E-state index in [-0.39, 0.29) is 6.10 Å². The van der Waals surface area contributed by atoms with E-state index in [2.05, 4.69) is 22.9 Å². The molecular formula is C11H15BrO2S. The van der Waals surface area contributed by atoms with Crippen molar-refractivity contribution < 1.29 is 9.84 Å². The summed E-state index contributed by atoms with van der Waals surface area (Å²) in [6.45, 7) is 2.75. The fraction of sp³-hybridized carbons (Fsp3) is 0.636. The first-order valence-corrected chi connectivity index (χ1v) is 6.95. The van der Waals surface area contributed by atoms with Gasteiger partial charge >= 0.3 is 0 Å². The quantitative estimate of drug-likeness (QED) is 0.906. The van der Waals surface area contributed by atoms with Crippen LogP contribution in [0, 0.1) is 0 Å². The van der Waals surface area contributed by atoms with Crippen molar-refractivity contribution in [3.63, 3.8) is 0 Å². The van der Waals surface area contributed by atoms with Crippen LogP contribution in [0.25, 0.3) is 0 Å². The average Bonchev–Trinajstić information content (AvgIpc) is 2.65. The van der Waals surface area contributed by atoms with Crippen LogP contribution in [0.3, 0.4) is 0 Å². The highest BCUT2D eigenvalue weighted by Crippen LogP contribution is 2.40. The van der Waals surface area contributed by atoms with E-state index in [0.717, 1.165) is 16.5 Å². The van der Waals surface area contributed by atoms with Gasteiger partial charge in [-0.05, 0) is 27.7 Å². The topological polar surface area (TPSA) is 29.5 Å². The molecular weight excluding hydrogens is 276 g/mol. The number of thiophene rings is 1. The lowest BCUT2D eigenvalue weighted by Gasteiger charge is -2.36. The summed E-state index contributed by atoms with van der Waals surface area (Å²) >= 11 is 5.11. The minimum Gasteiger partial charge on any atom is -0.385 e. The summed E-state index contributed by atoms with van der Waals surface area (Å²) in [5, 5.41) is 14.7. The Kier molecular flexibility index (Phi) is 3.50. The molecule has 1 aromatic heterocycles. The van der Waals surface area contributed by atoms with Crippen molar-refractivity contribution in [3.05, 3.63) is 20.8 Å². The van der Waals surface area contributed by atoms with Crippen LogP contribution in [0.4, 0.5) is 0 Å². The van der Waals surface area contributed by atoms with E-state index in [1.165, 1.54) is 0 Å². The number of aliphatic hydroxyl groups is 1. The van der Waals surface area contributed by atoms with E-state index >= 15 is 0 Å². The normalized spacial score (nSPS) is 31.8. The zero-order chi connectivity index (χ0) is 10.9. The van der Waals surface area contributed by atoms with Crippen LogP contribution in [0.1, 0.15) is 31.7 Å². The van der Waals surface area contributed by atoms with Gasteiger partial charge in [0.1, 0.15) is 0 Å². The Labute approximate surface area is 102 Å². The molecule has 0 bridgehead atoms. The molecule has 2 unspecified atom stereocenters. The number of rotatable bonds is 2. The van der Waals surface area contributed by atoms with E-state index < -0.39 is 5.60 Å². The van der Waals surface area contributed by atoms with Gasteiger partial charge in [0.05, 0.1) is 18.3 Å². The van der Waals surface area contributed by atoms with Crippen molar-refractivity contribution in [1.29, 1.82) is 0 Å². The molecule has 0 radical (unpaired) electrons. The first-order chi connectivity index (χ1) is 7.15. The number of halogens is 1. The molecule has 1 N–H and O–H groups in total. The van der Waals surface area contributed by atoms with Gasteiger partial charge in [0.2, 0.25) is 0 Å². The van der Waals surface area contributed by atoms with Gasteiger partial charge in [-0.15, -0.1) is 0 Å². The second kappa shape index (κ2) is 4.53. The van der Waals surface area contributed by atoms with Crippen LogP contribution in [-0.4, -0.2) is 17.8 Å². The predicted molar refractivity (Wildman–Crippen MR) is 65.2 cm³/mol. The highest BCUT2D eigenvalue weighted by molar-refractivity contribution is 9.10. The van der Waals surface area contributed by atoms with Crippen molar-refractivity contribution in [1.82, 2.24) is 0 Å². The maximum atomic E-state index is 10.6. The number of ether oxygens (including phenoxy) is 1. The molecule has 0 aliphatic carbocycles. The fourth-order valence-corrected chi connectivity index (χ4v) is 3.81. The first-order valence-electron chi connectivity index (χ1n) is 5.22. The summed E-state index contributed by atoms with van der Waals surface area (Å²) in [5.74, 6) is 0. The van der Waals surface area contributed by atoms with Crippen molar-refractivity contribution >= 4 is 27.3 Å². The molecule has 1 saturated heterocycles. The highest BCUT2D eigenvalue weighted by atomic mass is 79.9. The number of hydrogen-bond acceptors (Lipinski definition) is 3. The molecule has 1 aliphatic heterocycles. The maximum absolute atomic E-state index is 10.6. The van der Waals surface area contributed by atoms with E-state index in [4.69, 9.17) is 4.74 Å².